The van der Waals surface area contributed by atoms with Crippen molar-refractivity contribution in [2.45, 2.75) is 58.2 Å². The largest absolute Gasteiger partial charge is 0.480 e. The van der Waals surface area contributed by atoms with Crippen LogP contribution in [0.5, 0.6) is 0 Å². The predicted molar refractivity (Wildman–Crippen MR) is 67.1 cm³/mol. The Kier molecular flexibility index (Phi) is 4.55. The molecular formula is C13H25NO3. The Balaban J connectivity index is 2.69. The molecule has 1 saturated heterocycles. The molecule has 0 saturated carbocycles. The number of likely N-dealkylation sites (N-methyl/N-ethyl adjacent to an activating group) is 1. The van der Waals surface area contributed by atoms with E-state index in [-0.39, 0.29) is 6.10 Å². The second kappa shape index (κ2) is 5.36. The van der Waals surface area contributed by atoms with Gasteiger partial charge in [0.2, 0.25) is 0 Å². The van der Waals surface area contributed by atoms with Crippen LogP contribution in [-0.4, -0.2) is 47.3 Å². The molecule has 0 spiro atoms. The fraction of sp³-hybridized carbons (Fsp3) is 0.923. The van der Waals surface area contributed by atoms with Crippen molar-refractivity contribution < 1.29 is 14.6 Å². The van der Waals surface area contributed by atoms with E-state index in [0.29, 0.717) is 12.0 Å². The SMILES string of the molecule is CC(C)C1CC(N(C)C(C)(C)C(=O)O)CCO1. The summed E-state index contributed by atoms with van der Waals surface area (Å²) >= 11 is 0. The first-order valence-corrected chi connectivity index (χ1v) is 6.34. The van der Waals surface area contributed by atoms with Gasteiger partial charge in [0.15, 0.2) is 0 Å². The molecule has 1 N–H and O–H groups in total. The van der Waals surface area contributed by atoms with Crippen molar-refractivity contribution in [1.82, 2.24) is 4.90 Å². The van der Waals surface area contributed by atoms with E-state index in [4.69, 9.17) is 4.74 Å². The van der Waals surface area contributed by atoms with Crippen molar-refractivity contribution in [1.29, 1.82) is 0 Å². The zero-order valence-corrected chi connectivity index (χ0v) is 11.6. The first kappa shape index (κ1) is 14.5. The van der Waals surface area contributed by atoms with Crippen LogP contribution in [0.2, 0.25) is 0 Å². The first-order chi connectivity index (χ1) is 7.76. The summed E-state index contributed by atoms with van der Waals surface area (Å²) in [6.07, 6.45) is 2.09. The van der Waals surface area contributed by atoms with Gasteiger partial charge in [-0.05, 0) is 39.7 Å². The molecule has 4 nitrogen and oxygen atoms in total. The molecular weight excluding hydrogens is 218 g/mol. The van der Waals surface area contributed by atoms with Gasteiger partial charge in [-0.3, -0.25) is 9.69 Å². The molecule has 0 radical (unpaired) electrons. The van der Waals surface area contributed by atoms with Gasteiger partial charge in [-0.25, -0.2) is 0 Å². The van der Waals surface area contributed by atoms with Crippen molar-refractivity contribution in [3.8, 4) is 0 Å². The smallest absolute Gasteiger partial charge is 0.323 e. The van der Waals surface area contributed by atoms with E-state index in [0.717, 1.165) is 19.4 Å². The summed E-state index contributed by atoms with van der Waals surface area (Å²) in [5, 5.41) is 9.24. The normalized spacial score (nSPS) is 26.5. The summed E-state index contributed by atoms with van der Waals surface area (Å²) in [6, 6.07) is 0.294. The van der Waals surface area contributed by atoms with E-state index in [1.807, 2.05) is 11.9 Å². The van der Waals surface area contributed by atoms with Crippen LogP contribution >= 0.6 is 0 Å². The van der Waals surface area contributed by atoms with Crippen molar-refractivity contribution in [3.05, 3.63) is 0 Å². The van der Waals surface area contributed by atoms with Crippen LogP contribution in [-0.2, 0) is 9.53 Å². The molecule has 0 aliphatic carbocycles. The molecule has 2 atom stereocenters. The zero-order chi connectivity index (χ0) is 13.2. The summed E-state index contributed by atoms with van der Waals surface area (Å²) in [5.41, 5.74) is -0.816. The van der Waals surface area contributed by atoms with E-state index < -0.39 is 11.5 Å². The molecule has 1 rings (SSSR count). The summed E-state index contributed by atoms with van der Waals surface area (Å²) < 4.78 is 5.72. The topological polar surface area (TPSA) is 49.8 Å². The van der Waals surface area contributed by atoms with E-state index in [9.17, 15) is 9.90 Å². The highest BCUT2D eigenvalue weighted by Crippen LogP contribution is 2.27. The minimum atomic E-state index is -0.816. The molecule has 0 bridgehead atoms. The Morgan fingerprint density at radius 3 is 2.53 bits per heavy atom. The molecule has 0 aromatic rings. The van der Waals surface area contributed by atoms with Gasteiger partial charge in [-0.15, -0.1) is 0 Å². The van der Waals surface area contributed by atoms with E-state index >= 15 is 0 Å². The Bertz CT molecular complexity index is 276. The van der Waals surface area contributed by atoms with Crippen molar-refractivity contribution >= 4 is 5.97 Å². The maximum atomic E-state index is 11.2. The number of carboxylic acid groups (broad SMARTS) is 1. The highest BCUT2D eigenvalue weighted by molar-refractivity contribution is 5.77. The molecule has 0 aromatic heterocycles. The highest BCUT2D eigenvalue weighted by atomic mass is 16.5. The van der Waals surface area contributed by atoms with Crippen molar-refractivity contribution in [2.75, 3.05) is 13.7 Å². The molecule has 1 aliphatic heterocycles. The number of aliphatic carboxylic acids is 1. The second-order valence-corrected chi connectivity index (χ2v) is 5.81. The number of hydrogen-bond acceptors (Lipinski definition) is 3. The minimum absolute atomic E-state index is 0.251. The molecule has 4 heteroatoms. The van der Waals surface area contributed by atoms with Gasteiger partial charge in [-0.2, -0.15) is 0 Å². The standard InChI is InChI=1S/C13H25NO3/c1-9(2)11-8-10(6-7-17-11)14(5)13(3,4)12(15)16/h9-11H,6-8H2,1-5H3,(H,15,16). The van der Waals surface area contributed by atoms with Gasteiger partial charge in [0.05, 0.1) is 6.10 Å². The van der Waals surface area contributed by atoms with Gasteiger partial charge in [0.25, 0.3) is 0 Å². The number of carboxylic acids is 1. The van der Waals surface area contributed by atoms with Crippen LogP contribution in [0.25, 0.3) is 0 Å². The maximum Gasteiger partial charge on any atom is 0.323 e. The molecule has 1 aliphatic rings. The minimum Gasteiger partial charge on any atom is -0.480 e. The summed E-state index contributed by atoms with van der Waals surface area (Å²) in [4.78, 5) is 13.2. The lowest BCUT2D eigenvalue weighted by Crippen LogP contribution is -2.55. The van der Waals surface area contributed by atoms with E-state index in [1.165, 1.54) is 0 Å². The third-order valence-corrected chi connectivity index (χ3v) is 3.98. The number of ether oxygens (including phenoxy) is 1. The van der Waals surface area contributed by atoms with Crippen molar-refractivity contribution in [3.63, 3.8) is 0 Å². The van der Waals surface area contributed by atoms with E-state index in [1.54, 1.807) is 13.8 Å². The van der Waals surface area contributed by atoms with Crippen LogP contribution < -0.4 is 0 Å². The van der Waals surface area contributed by atoms with Crippen molar-refractivity contribution in [2.24, 2.45) is 5.92 Å². The first-order valence-electron chi connectivity index (χ1n) is 6.34. The zero-order valence-electron chi connectivity index (χ0n) is 11.6. The van der Waals surface area contributed by atoms with Crippen LogP contribution in [0.3, 0.4) is 0 Å². The second-order valence-electron chi connectivity index (χ2n) is 5.81. The van der Waals surface area contributed by atoms with Gasteiger partial charge in [0, 0.05) is 12.6 Å². The monoisotopic (exact) mass is 243 g/mol. The van der Waals surface area contributed by atoms with Gasteiger partial charge in [-0.1, -0.05) is 13.8 Å². The lowest BCUT2D eigenvalue weighted by molar-refractivity contribution is -0.152. The molecule has 0 aromatic carbocycles. The fourth-order valence-corrected chi connectivity index (χ4v) is 2.23. The summed E-state index contributed by atoms with van der Waals surface area (Å²) in [7, 11) is 1.90. The summed E-state index contributed by atoms with van der Waals surface area (Å²) in [5.74, 6) is -0.285. The van der Waals surface area contributed by atoms with E-state index in [2.05, 4.69) is 13.8 Å². The van der Waals surface area contributed by atoms with Crippen LogP contribution in [0.15, 0.2) is 0 Å². The molecule has 1 fully saturated rings. The molecule has 17 heavy (non-hydrogen) atoms. The summed E-state index contributed by atoms with van der Waals surface area (Å²) in [6.45, 7) is 8.54. The molecule has 1 heterocycles. The lowest BCUT2D eigenvalue weighted by atomic mass is 9.91. The number of rotatable bonds is 4. The van der Waals surface area contributed by atoms with Gasteiger partial charge < -0.3 is 9.84 Å². The highest BCUT2D eigenvalue weighted by Gasteiger charge is 2.38. The number of hydrogen-bond donors (Lipinski definition) is 1. The Morgan fingerprint density at radius 2 is 2.06 bits per heavy atom. The Labute approximate surface area is 104 Å². The average Bonchev–Trinajstić information content (AvgIpc) is 2.27. The van der Waals surface area contributed by atoms with Gasteiger partial charge >= 0.3 is 5.97 Å². The maximum absolute atomic E-state index is 11.2. The third-order valence-electron chi connectivity index (χ3n) is 3.98. The quantitative estimate of drug-likeness (QED) is 0.820. The average molecular weight is 243 g/mol. The Hall–Kier alpha value is -0.610. The number of carbonyl (C=O) groups is 1. The van der Waals surface area contributed by atoms with Gasteiger partial charge in [0.1, 0.15) is 5.54 Å². The van der Waals surface area contributed by atoms with Crippen LogP contribution in [0.4, 0.5) is 0 Å². The lowest BCUT2D eigenvalue weighted by Gasteiger charge is -2.42. The predicted octanol–water partition coefficient (Wildman–Crippen LogP) is 1.99. The van der Waals surface area contributed by atoms with Crippen LogP contribution in [0, 0.1) is 5.92 Å². The molecule has 0 amide bonds. The number of nitrogens with zero attached hydrogens (tertiary/aromatic N) is 1. The fourth-order valence-electron chi connectivity index (χ4n) is 2.23. The molecule has 100 valence electrons. The third kappa shape index (κ3) is 3.19. The molecule has 2 unspecified atom stereocenters. The Morgan fingerprint density at radius 1 is 1.47 bits per heavy atom. The van der Waals surface area contributed by atoms with Crippen LogP contribution in [0.1, 0.15) is 40.5 Å².